The first-order valence-electron chi connectivity index (χ1n) is 5.50. The zero-order chi connectivity index (χ0) is 11.4. The van der Waals surface area contributed by atoms with Crippen LogP contribution in [0.3, 0.4) is 0 Å². The molecule has 1 aromatic rings. The summed E-state index contributed by atoms with van der Waals surface area (Å²) in [5.41, 5.74) is 8.62. The van der Waals surface area contributed by atoms with E-state index in [4.69, 9.17) is 5.73 Å². The Balaban J connectivity index is 2.94. The number of nitrogens with zero attached hydrogens (tertiary/aromatic N) is 1. The Morgan fingerprint density at radius 3 is 2.33 bits per heavy atom. The first kappa shape index (κ1) is 12.2. The van der Waals surface area contributed by atoms with E-state index >= 15 is 0 Å². The van der Waals surface area contributed by atoms with Crippen molar-refractivity contribution in [2.75, 3.05) is 14.1 Å². The molecule has 1 rings (SSSR count). The molecule has 0 amide bonds. The summed E-state index contributed by atoms with van der Waals surface area (Å²) in [6.45, 7) is 4.22. The molecule has 1 aromatic carbocycles. The van der Waals surface area contributed by atoms with E-state index in [1.165, 1.54) is 11.1 Å². The number of nitrogens with two attached hydrogens (primary N) is 1. The molecule has 15 heavy (non-hydrogen) atoms. The molecule has 0 heterocycles. The molecule has 0 spiro atoms. The van der Waals surface area contributed by atoms with Gasteiger partial charge in [-0.15, -0.1) is 0 Å². The van der Waals surface area contributed by atoms with Crippen molar-refractivity contribution in [1.29, 1.82) is 0 Å². The quantitative estimate of drug-likeness (QED) is 0.819. The van der Waals surface area contributed by atoms with Crippen LogP contribution in [0.2, 0.25) is 0 Å². The molecule has 0 fully saturated rings. The maximum absolute atomic E-state index is 5.89. The van der Waals surface area contributed by atoms with Crippen LogP contribution in [0.15, 0.2) is 24.3 Å². The highest BCUT2D eigenvalue weighted by atomic mass is 15.1. The summed E-state index contributed by atoms with van der Waals surface area (Å²) in [6.07, 6.45) is 0.998. The summed E-state index contributed by atoms with van der Waals surface area (Å²) in [4.78, 5) is 2.24. The molecular weight excluding hydrogens is 184 g/mol. The molecule has 0 aliphatic carbocycles. The van der Waals surface area contributed by atoms with Crippen LogP contribution in [-0.2, 0) is 0 Å². The maximum atomic E-state index is 5.89. The van der Waals surface area contributed by atoms with Crippen molar-refractivity contribution in [3.05, 3.63) is 35.4 Å². The fourth-order valence-corrected chi connectivity index (χ4v) is 1.93. The second kappa shape index (κ2) is 5.29. The third-order valence-corrected chi connectivity index (χ3v) is 2.77. The van der Waals surface area contributed by atoms with Crippen molar-refractivity contribution in [2.24, 2.45) is 5.73 Å². The van der Waals surface area contributed by atoms with E-state index in [2.05, 4.69) is 57.1 Å². The lowest BCUT2D eigenvalue weighted by atomic mass is 9.95. The van der Waals surface area contributed by atoms with Gasteiger partial charge in [-0.25, -0.2) is 0 Å². The van der Waals surface area contributed by atoms with Gasteiger partial charge >= 0.3 is 0 Å². The van der Waals surface area contributed by atoms with Crippen LogP contribution >= 0.6 is 0 Å². The largest absolute Gasteiger partial charge is 0.328 e. The molecule has 2 unspecified atom stereocenters. The average molecular weight is 206 g/mol. The number of aryl methyl sites for hydroxylation is 1. The smallest absolute Gasteiger partial charge is 0.0359 e. The lowest BCUT2D eigenvalue weighted by Crippen LogP contribution is -2.27. The summed E-state index contributed by atoms with van der Waals surface area (Å²) < 4.78 is 0. The van der Waals surface area contributed by atoms with Crippen molar-refractivity contribution >= 4 is 0 Å². The van der Waals surface area contributed by atoms with Crippen molar-refractivity contribution in [3.8, 4) is 0 Å². The van der Waals surface area contributed by atoms with E-state index in [1.807, 2.05) is 0 Å². The van der Waals surface area contributed by atoms with Crippen molar-refractivity contribution in [3.63, 3.8) is 0 Å². The Morgan fingerprint density at radius 2 is 1.87 bits per heavy atom. The second-order valence-electron chi connectivity index (χ2n) is 4.55. The van der Waals surface area contributed by atoms with E-state index in [9.17, 15) is 0 Å². The zero-order valence-electron chi connectivity index (χ0n) is 10.2. The maximum Gasteiger partial charge on any atom is 0.0359 e. The standard InChI is InChI=1S/C13H22N2/c1-10-7-5-6-8-12(10)13(15(3)4)9-11(2)14/h5-8,11,13H,9,14H2,1-4H3. The monoisotopic (exact) mass is 206 g/mol. The third-order valence-electron chi connectivity index (χ3n) is 2.77. The first-order valence-corrected chi connectivity index (χ1v) is 5.50. The molecule has 0 bridgehead atoms. The van der Waals surface area contributed by atoms with Gasteiger partial charge in [-0.1, -0.05) is 24.3 Å². The number of hydrogen-bond donors (Lipinski definition) is 1. The highest BCUT2D eigenvalue weighted by Gasteiger charge is 2.16. The third kappa shape index (κ3) is 3.33. The first-order chi connectivity index (χ1) is 7.02. The van der Waals surface area contributed by atoms with Gasteiger partial charge in [0.15, 0.2) is 0 Å². The lowest BCUT2D eigenvalue weighted by molar-refractivity contribution is 0.271. The molecule has 0 radical (unpaired) electrons. The van der Waals surface area contributed by atoms with Gasteiger partial charge in [0, 0.05) is 12.1 Å². The predicted octanol–water partition coefficient (Wildman–Crippen LogP) is 2.34. The average Bonchev–Trinajstić information content (AvgIpc) is 2.15. The van der Waals surface area contributed by atoms with Gasteiger partial charge in [-0.05, 0) is 45.5 Å². The molecule has 0 saturated carbocycles. The molecule has 2 heteroatoms. The minimum atomic E-state index is 0.233. The Hall–Kier alpha value is -0.860. The van der Waals surface area contributed by atoms with Crippen LogP contribution in [0.25, 0.3) is 0 Å². The number of hydrogen-bond acceptors (Lipinski definition) is 2. The van der Waals surface area contributed by atoms with Gasteiger partial charge < -0.3 is 10.6 Å². The summed E-state index contributed by atoms with van der Waals surface area (Å²) >= 11 is 0. The van der Waals surface area contributed by atoms with Gasteiger partial charge in [0.25, 0.3) is 0 Å². The van der Waals surface area contributed by atoms with Gasteiger partial charge in [0.2, 0.25) is 0 Å². The van der Waals surface area contributed by atoms with Gasteiger partial charge in [-0.3, -0.25) is 0 Å². The fourth-order valence-electron chi connectivity index (χ4n) is 1.93. The van der Waals surface area contributed by atoms with E-state index in [-0.39, 0.29) is 6.04 Å². The van der Waals surface area contributed by atoms with Crippen LogP contribution in [0.1, 0.15) is 30.5 Å². The van der Waals surface area contributed by atoms with E-state index in [0.717, 1.165) is 6.42 Å². The predicted molar refractivity (Wildman–Crippen MR) is 65.9 cm³/mol. The van der Waals surface area contributed by atoms with Crippen molar-refractivity contribution in [2.45, 2.75) is 32.4 Å². The Labute approximate surface area is 93.1 Å². The molecular formula is C13H22N2. The minimum absolute atomic E-state index is 0.233. The van der Waals surface area contributed by atoms with Gasteiger partial charge in [0.05, 0.1) is 0 Å². The van der Waals surface area contributed by atoms with Crippen LogP contribution in [0.5, 0.6) is 0 Å². The SMILES string of the molecule is Cc1ccccc1C(CC(C)N)N(C)C. The highest BCUT2D eigenvalue weighted by molar-refractivity contribution is 5.28. The van der Waals surface area contributed by atoms with Crippen molar-refractivity contribution < 1.29 is 0 Å². The highest BCUT2D eigenvalue weighted by Crippen LogP contribution is 2.25. The number of benzene rings is 1. The number of rotatable bonds is 4. The summed E-state index contributed by atoms with van der Waals surface area (Å²) in [5, 5.41) is 0. The van der Waals surface area contributed by atoms with Crippen molar-refractivity contribution in [1.82, 2.24) is 4.90 Å². The molecule has 84 valence electrons. The molecule has 2 nitrogen and oxygen atoms in total. The summed E-state index contributed by atoms with van der Waals surface area (Å²) in [7, 11) is 4.22. The van der Waals surface area contributed by atoms with Crippen LogP contribution in [0, 0.1) is 6.92 Å². The van der Waals surface area contributed by atoms with Gasteiger partial charge in [0.1, 0.15) is 0 Å². The fraction of sp³-hybridized carbons (Fsp3) is 0.538. The summed E-state index contributed by atoms with van der Waals surface area (Å²) in [5.74, 6) is 0. The normalized spacial score (nSPS) is 15.3. The van der Waals surface area contributed by atoms with E-state index < -0.39 is 0 Å². The molecule has 0 aliphatic rings. The van der Waals surface area contributed by atoms with Crippen LogP contribution in [0.4, 0.5) is 0 Å². The van der Waals surface area contributed by atoms with E-state index in [0.29, 0.717) is 6.04 Å². The Kier molecular flexibility index (Phi) is 4.30. The zero-order valence-corrected chi connectivity index (χ0v) is 10.2. The molecule has 2 N–H and O–H groups in total. The van der Waals surface area contributed by atoms with Crippen LogP contribution in [-0.4, -0.2) is 25.0 Å². The lowest BCUT2D eigenvalue weighted by Gasteiger charge is -2.27. The van der Waals surface area contributed by atoms with Gasteiger partial charge in [-0.2, -0.15) is 0 Å². The summed E-state index contributed by atoms with van der Waals surface area (Å²) in [6, 6.07) is 9.19. The molecule has 0 aliphatic heterocycles. The minimum Gasteiger partial charge on any atom is -0.328 e. The molecule has 0 saturated heterocycles. The van der Waals surface area contributed by atoms with Crippen LogP contribution < -0.4 is 5.73 Å². The molecule has 0 aromatic heterocycles. The Bertz CT molecular complexity index is 305. The second-order valence-corrected chi connectivity index (χ2v) is 4.55. The topological polar surface area (TPSA) is 29.3 Å². The molecule has 2 atom stereocenters. The Morgan fingerprint density at radius 1 is 1.27 bits per heavy atom. The van der Waals surface area contributed by atoms with E-state index in [1.54, 1.807) is 0 Å².